The quantitative estimate of drug-likeness (QED) is 0.536. The van der Waals surface area contributed by atoms with E-state index in [0.717, 1.165) is 48.4 Å². The molecule has 154 valence electrons. The van der Waals surface area contributed by atoms with E-state index in [9.17, 15) is 9.90 Å². The molecule has 0 bridgehead atoms. The van der Waals surface area contributed by atoms with Gasteiger partial charge in [-0.05, 0) is 55.1 Å². The van der Waals surface area contributed by atoms with Gasteiger partial charge in [0.1, 0.15) is 12.4 Å². The molecule has 1 heterocycles. The summed E-state index contributed by atoms with van der Waals surface area (Å²) in [5, 5.41) is 9.24. The van der Waals surface area contributed by atoms with E-state index in [-0.39, 0.29) is 5.92 Å². The standard InChI is InChI=1S/C24H29NO4/c1-18-7-3-4-11-22(18)23(19-8-5-10-21(15-19)28-2)17-29-14-13-25-12-6-9-20(16-25)24(26)27/h3-5,7-8,10-11,15,17,20H,6,9,12-14,16H2,1-2H3,(H,26,27)/b23-17+/t20-/m1/s1. The van der Waals surface area contributed by atoms with Crippen LogP contribution < -0.4 is 4.74 Å². The van der Waals surface area contributed by atoms with E-state index in [1.807, 2.05) is 42.7 Å². The molecular weight excluding hydrogens is 366 g/mol. The molecule has 1 N–H and O–H groups in total. The second-order valence-electron chi connectivity index (χ2n) is 7.43. The Bertz CT molecular complexity index is 861. The predicted octanol–water partition coefficient (Wildman–Crippen LogP) is 4.21. The zero-order valence-corrected chi connectivity index (χ0v) is 17.1. The third kappa shape index (κ3) is 5.61. The van der Waals surface area contributed by atoms with Gasteiger partial charge in [0.15, 0.2) is 0 Å². The lowest BCUT2D eigenvalue weighted by Gasteiger charge is -2.30. The van der Waals surface area contributed by atoms with Gasteiger partial charge in [0.05, 0.1) is 19.3 Å². The molecule has 1 saturated heterocycles. The van der Waals surface area contributed by atoms with E-state index < -0.39 is 5.97 Å². The molecule has 1 aliphatic heterocycles. The van der Waals surface area contributed by atoms with Gasteiger partial charge in [-0.3, -0.25) is 9.69 Å². The minimum Gasteiger partial charge on any atom is -0.499 e. The fourth-order valence-corrected chi connectivity index (χ4v) is 3.74. The number of benzene rings is 2. The second-order valence-corrected chi connectivity index (χ2v) is 7.43. The highest BCUT2D eigenvalue weighted by Crippen LogP contribution is 2.28. The first-order chi connectivity index (χ1) is 14.1. The van der Waals surface area contributed by atoms with Crippen LogP contribution in [0, 0.1) is 12.8 Å². The van der Waals surface area contributed by atoms with Crippen molar-refractivity contribution in [3.63, 3.8) is 0 Å². The monoisotopic (exact) mass is 395 g/mol. The lowest BCUT2D eigenvalue weighted by molar-refractivity contribution is -0.143. The molecule has 5 heteroatoms. The van der Waals surface area contributed by atoms with E-state index in [4.69, 9.17) is 9.47 Å². The molecule has 0 aromatic heterocycles. The number of piperidine rings is 1. The van der Waals surface area contributed by atoms with Crippen molar-refractivity contribution in [2.45, 2.75) is 19.8 Å². The van der Waals surface area contributed by atoms with Crippen LogP contribution in [-0.2, 0) is 9.53 Å². The number of carboxylic acids is 1. The first kappa shape index (κ1) is 20.9. The molecule has 0 unspecified atom stereocenters. The Labute approximate surface area is 172 Å². The summed E-state index contributed by atoms with van der Waals surface area (Å²) < 4.78 is 11.3. The number of hydrogen-bond donors (Lipinski definition) is 1. The predicted molar refractivity (Wildman–Crippen MR) is 114 cm³/mol. The minimum absolute atomic E-state index is 0.265. The van der Waals surface area contributed by atoms with Crippen molar-refractivity contribution in [3.8, 4) is 5.75 Å². The van der Waals surface area contributed by atoms with Crippen molar-refractivity contribution in [2.24, 2.45) is 5.92 Å². The van der Waals surface area contributed by atoms with Crippen molar-refractivity contribution in [1.82, 2.24) is 4.90 Å². The zero-order valence-electron chi connectivity index (χ0n) is 17.1. The Balaban J connectivity index is 1.72. The van der Waals surface area contributed by atoms with Crippen LogP contribution in [-0.4, -0.2) is 49.3 Å². The van der Waals surface area contributed by atoms with Gasteiger partial charge in [-0.25, -0.2) is 0 Å². The summed E-state index contributed by atoms with van der Waals surface area (Å²) in [7, 11) is 1.66. The second kappa shape index (κ2) is 10.1. The average Bonchev–Trinajstić information content (AvgIpc) is 2.75. The highest BCUT2D eigenvalue weighted by Gasteiger charge is 2.24. The number of aryl methyl sites for hydroxylation is 1. The first-order valence-electron chi connectivity index (χ1n) is 10.1. The van der Waals surface area contributed by atoms with Crippen LogP contribution in [0.3, 0.4) is 0 Å². The molecule has 0 saturated carbocycles. The number of aliphatic carboxylic acids is 1. The Morgan fingerprint density at radius 1 is 1.24 bits per heavy atom. The van der Waals surface area contributed by atoms with Crippen LogP contribution >= 0.6 is 0 Å². The number of carbonyl (C=O) groups is 1. The number of rotatable bonds is 8. The average molecular weight is 395 g/mol. The Morgan fingerprint density at radius 3 is 2.83 bits per heavy atom. The number of methoxy groups -OCH3 is 1. The van der Waals surface area contributed by atoms with E-state index in [2.05, 4.69) is 24.0 Å². The van der Waals surface area contributed by atoms with Gasteiger partial charge in [0.2, 0.25) is 0 Å². The van der Waals surface area contributed by atoms with Crippen molar-refractivity contribution < 1.29 is 19.4 Å². The fourth-order valence-electron chi connectivity index (χ4n) is 3.74. The Kier molecular flexibility index (Phi) is 7.30. The van der Waals surface area contributed by atoms with Crippen molar-refractivity contribution in [3.05, 3.63) is 71.5 Å². The third-order valence-electron chi connectivity index (χ3n) is 5.40. The van der Waals surface area contributed by atoms with Gasteiger partial charge >= 0.3 is 5.97 Å². The molecule has 1 atom stereocenters. The fraction of sp³-hybridized carbons (Fsp3) is 0.375. The highest BCUT2D eigenvalue weighted by atomic mass is 16.5. The first-order valence-corrected chi connectivity index (χ1v) is 10.1. The number of likely N-dealkylation sites (tertiary alicyclic amines) is 1. The van der Waals surface area contributed by atoms with Gasteiger partial charge in [0, 0.05) is 18.7 Å². The number of ether oxygens (including phenoxy) is 2. The summed E-state index contributed by atoms with van der Waals surface area (Å²) in [5.74, 6) is -0.163. The van der Waals surface area contributed by atoms with Crippen LogP contribution in [0.25, 0.3) is 5.57 Å². The molecule has 29 heavy (non-hydrogen) atoms. The van der Waals surface area contributed by atoms with Crippen LogP contribution in [0.5, 0.6) is 5.75 Å². The molecule has 0 aliphatic carbocycles. The zero-order chi connectivity index (χ0) is 20.6. The largest absolute Gasteiger partial charge is 0.499 e. The molecule has 1 aliphatic rings. The van der Waals surface area contributed by atoms with E-state index in [0.29, 0.717) is 13.2 Å². The number of carboxylic acid groups (broad SMARTS) is 1. The molecule has 5 nitrogen and oxygen atoms in total. The Hall–Kier alpha value is -2.79. The van der Waals surface area contributed by atoms with Crippen molar-refractivity contribution in [2.75, 3.05) is 33.4 Å². The summed E-state index contributed by atoms with van der Waals surface area (Å²) in [4.78, 5) is 13.4. The normalized spacial score (nSPS) is 17.7. The molecule has 0 amide bonds. The Morgan fingerprint density at radius 2 is 2.07 bits per heavy atom. The van der Waals surface area contributed by atoms with E-state index in [1.165, 1.54) is 5.56 Å². The molecule has 1 fully saturated rings. The van der Waals surface area contributed by atoms with E-state index in [1.54, 1.807) is 7.11 Å². The van der Waals surface area contributed by atoms with E-state index >= 15 is 0 Å². The van der Waals surface area contributed by atoms with Crippen LogP contribution in [0.4, 0.5) is 0 Å². The third-order valence-corrected chi connectivity index (χ3v) is 5.40. The van der Waals surface area contributed by atoms with Gasteiger partial charge in [0.25, 0.3) is 0 Å². The van der Waals surface area contributed by atoms with Crippen LogP contribution in [0.1, 0.15) is 29.5 Å². The summed E-state index contributed by atoms with van der Waals surface area (Å²) in [6.45, 7) is 4.86. The topological polar surface area (TPSA) is 59.0 Å². The molecule has 3 rings (SSSR count). The SMILES string of the molecule is COc1cccc(/C(=C\OCCN2CCC[C@@H](C(=O)O)C2)c2ccccc2C)c1. The van der Waals surface area contributed by atoms with Crippen molar-refractivity contribution in [1.29, 1.82) is 0 Å². The maximum Gasteiger partial charge on any atom is 0.307 e. The molecular formula is C24H29NO4. The molecule has 0 spiro atoms. The summed E-state index contributed by atoms with van der Waals surface area (Å²) in [5.41, 5.74) is 4.32. The number of nitrogens with zero attached hydrogens (tertiary/aromatic N) is 1. The van der Waals surface area contributed by atoms with Crippen LogP contribution in [0.2, 0.25) is 0 Å². The van der Waals surface area contributed by atoms with Gasteiger partial charge in [-0.1, -0.05) is 36.4 Å². The minimum atomic E-state index is -0.699. The van der Waals surface area contributed by atoms with Gasteiger partial charge in [-0.2, -0.15) is 0 Å². The summed E-state index contributed by atoms with van der Waals surface area (Å²) in [6.07, 6.45) is 3.50. The van der Waals surface area contributed by atoms with Gasteiger partial charge in [-0.15, -0.1) is 0 Å². The number of hydrogen-bond acceptors (Lipinski definition) is 4. The maximum atomic E-state index is 11.2. The molecule has 0 radical (unpaired) electrons. The maximum absolute atomic E-state index is 11.2. The molecule has 2 aromatic rings. The lowest BCUT2D eigenvalue weighted by Crippen LogP contribution is -2.40. The summed E-state index contributed by atoms with van der Waals surface area (Å²) in [6, 6.07) is 16.2. The van der Waals surface area contributed by atoms with Crippen LogP contribution in [0.15, 0.2) is 54.8 Å². The molecule has 2 aromatic carbocycles. The van der Waals surface area contributed by atoms with Crippen molar-refractivity contribution >= 4 is 11.5 Å². The lowest BCUT2D eigenvalue weighted by atomic mass is 9.95. The summed E-state index contributed by atoms with van der Waals surface area (Å²) >= 11 is 0. The smallest absolute Gasteiger partial charge is 0.307 e. The van der Waals surface area contributed by atoms with Gasteiger partial charge < -0.3 is 14.6 Å². The highest BCUT2D eigenvalue weighted by molar-refractivity contribution is 5.81.